The highest BCUT2D eigenvalue weighted by molar-refractivity contribution is 7.99. The lowest BCUT2D eigenvalue weighted by atomic mass is 10.2. The first-order valence-electron chi connectivity index (χ1n) is 7.64. The Labute approximate surface area is 154 Å². The van der Waals surface area contributed by atoms with Crippen LogP contribution in [0.1, 0.15) is 5.76 Å². The molecule has 3 rings (SSSR count). The Morgan fingerprint density at radius 1 is 1.32 bits per heavy atom. The van der Waals surface area contributed by atoms with E-state index in [2.05, 4.69) is 15.3 Å². The van der Waals surface area contributed by atoms with E-state index in [4.69, 9.17) is 16.0 Å². The average molecular weight is 374 g/mol. The van der Waals surface area contributed by atoms with Crippen LogP contribution in [0.15, 0.2) is 64.5 Å². The van der Waals surface area contributed by atoms with Crippen LogP contribution in [0, 0.1) is 0 Å². The molecule has 1 aromatic carbocycles. The molecule has 0 bridgehead atoms. The fourth-order valence-electron chi connectivity index (χ4n) is 2.08. The zero-order chi connectivity index (χ0) is 17.5. The van der Waals surface area contributed by atoms with Gasteiger partial charge in [0.2, 0.25) is 5.91 Å². The van der Waals surface area contributed by atoms with Crippen molar-refractivity contribution in [1.29, 1.82) is 0 Å². The zero-order valence-electron chi connectivity index (χ0n) is 13.2. The molecule has 2 N–H and O–H groups in total. The van der Waals surface area contributed by atoms with Gasteiger partial charge in [-0.15, -0.1) is 0 Å². The molecule has 25 heavy (non-hydrogen) atoms. The minimum atomic E-state index is -0.154. The van der Waals surface area contributed by atoms with Crippen molar-refractivity contribution in [2.45, 2.75) is 5.16 Å². The first-order valence-corrected chi connectivity index (χ1v) is 9.00. The van der Waals surface area contributed by atoms with Crippen LogP contribution in [0.4, 0.5) is 0 Å². The Morgan fingerprint density at radius 2 is 2.16 bits per heavy atom. The van der Waals surface area contributed by atoms with Crippen LogP contribution < -0.4 is 5.32 Å². The third kappa shape index (κ3) is 5.27. The van der Waals surface area contributed by atoms with Crippen LogP contribution in [0.25, 0.3) is 17.3 Å². The maximum absolute atomic E-state index is 11.7. The van der Waals surface area contributed by atoms with E-state index in [-0.39, 0.29) is 5.91 Å². The molecule has 0 aliphatic rings. The largest absolute Gasteiger partial charge is 0.465 e. The van der Waals surface area contributed by atoms with Gasteiger partial charge in [0, 0.05) is 23.4 Å². The van der Waals surface area contributed by atoms with E-state index in [9.17, 15) is 4.79 Å². The molecule has 0 aliphatic heterocycles. The van der Waals surface area contributed by atoms with Crippen LogP contribution in [0.5, 0.6) is 0 Å². The Morgan fingerprint density at radius 3 is 2.92 bits per heavy atom. The molecule has 0 atom stereocenters. The number of furan rings is 1. The summed E-state index contributed by atoms with van der Waals surface area (Å²) in [6, 6.07) is 11.1. The number of aromatic amines is 1. The molecule has 2 heterocycles. The number of halogens is 1. The Hall–Kier alpha value is -2.44. The van der Waals surface area contributed by atoms with Gasteiger partial charge < -0.3 is 14.7 Å². The van der Waals surface area contributed by atoms with Gasteiger partial charge >= 0.3 is 0 Å². The van der Waals surface area contributed by atoms with Gasteiger partial charge in [-0.25, -0.2) is 4.98 Å². The number of nitrogens with zero attached hydrogens (tertiary/aromatic N) is 1. The minimum absolute atomic E-state index is 0.154. The number of carbonyl (C=O) groups excluding carboxylic acids is 1. The molecule has 128 valence electrons. The fraction of sp³-hybridized carbons (Fsp3) is 0.111. The number of benzene rings is 1. The first kappa shape index (κ1) is 17.4. The number of hydrogen-bond donors (Lipinski definition) is 2. The Balaban J connectivity index is 1.42. The van der Waals surface area contributed by atoms with Crippen molar-refractivity contribution in [3.8, 4) is 11.3 Å². The molecule has 0 radical (unpaired) electrons. The predicted molar refractivity (Wildman–Crippen MR) is 101 cm³/mol. The van der Waals surface area contributed by atoms with E-state index in [0.717, 1.165) is 16.4 Å². The quantitative estimate of drug-likeness (QED) is 0.369. The van der Waals surface area contributed by atoms with Crippen molar-refractivity contribution >= 4 is 35.3 Å². The second-order valence-electron chi connectivity index (χ2n) is 5.10. The number of aromatic nitrogens is 2. The number of amides is 1. The summed E-state index contributed by atoms with van der Waals surface area (Å²) in [5.41, 5.74) is 1.96. The SMILES string of the molecule is O=C(/C=C/c1ccco1)NCCSc1ncc(-c2ccc(Cl)cc2)[nH]1. The molecule has 0 unspecified atom stereocenters. The van der Waals surface area contributed by atoms with Gasteiger partial charge in [0.05, 0.1) is 18.2 Å². The molecular weight excluding hydrogens is 358 g/mol. The number of thioether (sulfide) groups is 1. The van der Waals surface area contributed by atoms with Crippen molar-refractivity contribution in [2.75, 3.05) is 12.3 Å². The van der Waals surface area contributed by atoms with Crippen molar-refractivity contribution in [3.63, 3.8) is 0 Å². The Bertz CT molecular complexity index is 842. The molecule has 1 amide bonds. The van der Waals surface area contributed by atoms with Gasteiger partial charge in [-0.3, -0.25) is 4.79 Å². The molecule has 5 nitrogen and oxygen atoms in total. The smallest absolute Gasteiger partial charge is 0.244 e. The summed E-state index contributed by atoms with van der Waals surface area (Å²) < 4.78 is 5.12. The molecule has 0 aliphatic carbocycles. The molecule has 3 aromatic rings. The van der Waals surface area contributed by atoms with E-state index < -0.39 is 0 Å². The average Bonchev–Trinajstić information content (AvgIpc) is 3.29. The summed E-state index contributed by atoms with van der Waals surface area (Å²) >= 11 is 7.44. The monoisotopic (exact) mass is 373 g/mol. The number of imidazole rings is 1. The number of rotatable bonds is 7. The predicted octanol–water partition coefficient (Wildman–Crippen LogP) is 4.24. The summed E-state index contributed by atoms with van der Waals surface area (Å²) in [6.45, 7) is 0.545. The summed E-state index contributed by atoms with van der Waals surface area (Å²) in [7, 11) is 0. The number of nitrogens with one attached hydrogen (secondary N) is 2. The second-order valence-corrected chi connectivity index (χ2v) is 6.62. The van der Waals surface area contributed by atoms with Gasteiger partial charge in [0.25, 0.3) is 0 Å². The van der Waals surface area contributed by atoms with Gasteiger partial charge in [-0.2, -0.15) is 0 Å². The third-order valence-corrected chi connectivity index (χ3v) is 4.43. The van der Waals surface area contributed by atoms with Crippen molar-refractivity contribution in [2.24, 2.45) is 0 Å². The van der Waals surface area contributed by atoms with E-state index >= 15 is 0 Å². The standard InChI is InChI=1S/C18H16ClN3O2S/c19-14-5-3-13(4-6-14)16-12-21-18(22-16)25-11-9-20-17(23)8-7-15-2-1-10-24-15/h1-8,10,12H,9,11H2,(H,20,23)(H,21,22)/b8-7+. The number of hydrogen-bond acceptors (Lipinski definition) is 4. The van der Waals surface area contributed by atoms with Crippen LogP contribution in [-0.2, 0) is 4.79 Å². The van der Waals surface area contributed by atoms with E-state index in [1.807, 2.05) is 24.3 Å². The maximum atomic E-state index is 11.7. The Kier molecular flexibility index (Phi) is 5.98. The normalized spacial score (nSPS) is 11.1. The van der Waals surface area contributed by atoms with E-state index in [1.165, 1.54) is 6.08 Å². The fourth-order valence-corrected chi connectivity index (χ4v) is 2.91. The highest BCUT2D eigenvalue weighted by Gasteiger charge is 2.04. The minimum Gasteiger partial charge on any atom is -0.465 e. The highest BCUT2D eigenvalue weighted by atomic mass is 35.5. The summed E-state index contributed by atoms with van der Waals surface area (Å²) in [5.74, 6) is 1.21. The third-order valence-electron chi connectivity index (χ3n) is 3.29. The molecule has 7 heteroatoms. The summed E-state index contributed by atoms with van der Waals surface area (Å²) in [4.78, 5) is 19.3. The van der Waals surface area contributed by atoms with Gasteiger partial charge in [-0.05, 0) is 35.9 Å². The second kappa shape index (κ2) is 8.60. The van der Waals surface area contributed by atoms with Crippen molar-refractivity contribution in [3.05, 3.63) is 65.7 Å². The zero-order valence-corrected chi connectivity index (χ0v) is 14.8. The summed E-state index contributed by atoms with van der Waals surface area (Å²) in [6.07, 6.45) is 6.44. The van der Waals surface area contributed by atoms with Crippen LogP contribution in [-0.4, -0.2) is 28.2 Å². The van der Waals surface area contributed by atoms with Gasteiger partial charge in [0.1, 0.15) is 5.76 Å². The van der Waals surface area contributed by atoms with Crippen molar-refractivity contribution in [1.82, 2.24) is 15.3 Å². The van der Waals surface area contributed by atoms with Crippen LogP contribution in [0.2, 0.25) is 5.02 Å². The van der Waals surface area contributed by atoms with Crippen molar-refractivity contribution < 1.29 is 9.21 Å². The van der Waals surface area contributed by atoms with E-state index in [1.54, 1.807) is 42.4 Å². The lowest BCUT2D eigenvalue weighted by molar-refractivity contribution is -0.116. The maximum Gasteiger partial charge on any atom is 0.244 e. The molecule has 0 fully saturated rings. The molecule has 0 saturated heterocycles. The number of carbonyl (C=O) groups is 1. The number of H-pyrrole nitrogens is 1. The lowest BCUT2D eigenvalue weighted by Gasteiger charge is -2.01. The molecule has 2 aromatic heterocycles. The topological polar surface area (TPSA) is 70.9 Å². The molecular formula is C18H16ClN3O2S. The van der Waals surface area contributed by atoms with Gasteiger partial charge in [0.15, 0.2) is 5.16 Å². The summed E-state index contributed by atoms with van der Waals surface area (Å²) in [5, 5.41) is 4.33. The van der Waals surface area contributed by atoms with E-state index in [0.29, 0.717) is 23.1 Å². The lowest BCUT2D eigenvalue weighted by Crippen LogP contribution is -2.23. The van der Waals surface area contributed by atoms with Crippen LogP contribution >= 0.6 is 23.4 Å². The molecule has 0 spiro atoms. The van der Waals surface area contributed by atoms with Gasteiger partial charge in [-0.1, -0.05) is 35.5 Å². The molecule has 0 saturated carbocycles. The van der Waals surface area contributed by atoms with Crippen LogP contribution in [0.3, 0.4) is 0 Å². The first-order chi connectivity index (χ1) is 12.2. The highest BCUT2D eigenvalue weighted by Crippen LogP contribution is 2.22.